The van der Waals surface area contributed by atoms with Gasteiger partial charge in [0.25, 0.3) is 11.5 Å². The molecule has 29 heavy (non-hydrogen) atoms. The van der Waals surface area contributed by atoms with Crippen molar-refractivity contribution >= 4 is 18.3 Å². The van der Waals surface area contributed by atoms with Crippen LogP contribution in [0.5, 0.6) is 0 Å². The molecule has 2 aromatic rings. The normalized spacial score (nSPS) is 23.5. The highest BCUT2D eigenvalue weighted by atomic mass is 35.5. The molecule has 1 aromatic carbocycles. The SMILES string of the molecule is Cc1cccc(CC2(NC(=O)c3ccc4n(c3=O)C[C@@H]3CNC[C@H]4C3)CC2)c1.Cl. The third-order valence-corrected chi connectivity index (χ3v) is 6.61. The second-order valence-electron chi connectivity index (χ2n) is 8.94. The van der Waals surface area contributed by atoms with Crippen LogP contribution in [0.25, 0.3) is 0 Å². The van der Waals surface area contributed by atoms with E-state index in [1.165, 1.54) is 11.1 Å². The summed E-state index contributed by atoms with van der Waals surface area (Å²) in [6.07, 6.45) is 3.89. The molecule has 6 heteroatoms. The van der Waals surface area contributed by atoms with Crippen molar-refractivity contribution in [3.63, 3.8) is 0 Å². The second-order valence-corrected chi connectivity index (χ2v) is 8.94. The highest BCUT2D eigenvalue weighted by molar-refractivity contribution is 5.94. The van der Waals surface area contributed by atoms with Crippen LogP contribution in [-0.4, -0.2) is 29.1 Å². The van der Waals surface area contributed by atoms with Crippen molar-refractivity contribution < 1.29 is 4.79 Å². The molecule has 1 aliphatic carbocycles. The molecule has 0 unspecified atom stereocenters. The fraction of sp³-hybridized carbons (Fsp3) is 0.478. The van der Waals surface area contributed by atoms with Crippen LogP contribution in [0.2, 0.25) is 0 Å². The predicted octanol–water partition coefficient (Wildman–Crippen LogP) is 2.79. The van der Waals surface area contributed by atoms with Crippen molar-refractivity contribution in [1.82, 2.24) is 15.2 Å². The number of nitrogens with zero attached hydrogens (tertiary/aromatic N) is 1. The minimum atomic E-state index is -0.223. The van der Waals surface area contributed by atoms with Gasteiger partial charge in [0, 0.05) is 30.2 Å². The van der Waals surface area contributed by atoms with Gasteiger partial charge in [0.1, 0.15) is 5.56 Å². The summed E-state index contributed by atoms with van der Waals surface area (Å²) < 4.78 is 1.86. The number of aryl methyl sites for hydroxylation is 1. The average Bonchev–Trinajstić information content (AvgIpc) is 3.41. The molecule has 2 aliphatic heterocycles. The number of halogens is 1. The Morgan fingerprint density at radius 1 is 1.24 bits per heavy atom. The molecule has 5 nitrogen and oxygen atoms in total. The Morgan fingerprint density at radius 3 is 2.83 bits per heavy atom. The molecule has 5 rings (SSSR count). The van der Waals surface area contributed by atoms with Gasteiger partial charge >= 0.3 is 0 Å². The third kappa shape index (κ3) is 3.86. The molecule has 1 saturated heterocycles. The van der Waals surface area contributed by atoms with E-state index in [1.807, 2.05) is 10.6 Å². The second kappa shape index (κ2) is 7.62. The van der Waals surface area contributed by atoms with E-state index in [0.717, 1.165) is 44.5 Å². The lowest BCUT2D eigenvalue weighted by molar-refractivity contribution is 0.0928. The van der Waals surface area contributed by atoms with Gasteiger partial charge in [-0.15, -0.1) is 12.4 Å². The first-order chi connectivity index (χ1) is 13.5. The van der Waals surface area contributed by atoms with Crippen molar-refractivity contribution in [2.24, 2.45) is 5.92 Å². The van der Waals surface area contributed by atoms with Crippen molar-refractivity contribution in [3.8, 4) is 0 Å². The van der Waals surface area contributed by atoms with E-state index < -0.39 is 0 Å². The quantitative estimate of drug-likeness (QED) is 0.810. The van der Waals surface area contributed by atoms with Gasteiger partial charge in [-0.3, -0.25) is 9.59 Å². The van der Waals surface area contributed by atoms with Crippen molar-refractivity contribution in [2.45, 2.75) is 50.6 Å². The highest BCUT2D eigenvalue weighted by Gasteiger charge is 2.44. The van der Waals surface area contributed by atoms with Crippen LogP contribution in [0, 0.1) is 12.8 Å². The van der Waals surface area contributed by atoms with Crippen molar-refractivity contribution in [2.75, 3.05) is 13.1 Å². The van der Waals surface area contributed by atoms with E-state index in [9.17, 15) is 9.59 Å². The summed E-state index contributed by atoms with van der Waals surface area (Å²) in [5.74, 6) is 0.645. The van der Waals surface area contributed by atoms with Gasteiger partial charge in [-0.25, -0.2) is 0 Å². The molecular weight excluding hydrogens is 386 g/mol. The number of amides is 1. The molecule has 0 radical (unpaired) electrons. The standard InChI is InChI=1S/C23H27N3O2.ClH/c1-15-3-2-4-16(9-15)11-23(7-8-23)25-21(27)19-5-6-20-18-10-17(12-24-13-18)14-26(20)22(19)28;/h2-6,9,17-18,24H,7-8,10-14H2,1H3,(H,25,27);1H/t17-,18+;/m0./s1. The van der Waals surface area contributed by atoms with E-state index in [1.54, 1.807) is 6.07 Å². The Kier molecular flexibility index (Phi) is 5.30. The number of nitrogens with one attached hydrogen (secondary N) is 2. The van der Waals surface area contributed by atoms with Gasteiger partial charge < -0.3 is 15.2 Å². The Labute approximate surface area is 177 Å². The van der Waals surface area contributed by atoms with E-state index in [2.05, 4.69) is 41.8 Å². The summed E-state index contributed by atoms with van der Waals surface area (Å²) in [5, 5.41) is 6.64. The number of piperidine rings is 1. The topological polar surface area (TPSA) is 63.1 Å². The largest absolute Gasteiger partial charge is 0.346 e. The molecule has 1 amide bonds. The first kappa shape index (κ1) is 20.2. The maximum atomic E-state index is 13.1. The number of fused-ring (bicyclic) bond motifs is 4. The highest BCUT2D eigenvalue weighted by Crippen LogP contribution is 2.39. The number of pyridine rings is 1. The summed E-state index contributed by atoms with van der Waals surface area (Å²) in [6.45, 7) is 4.67. The zero-order valence-electron chi connectivity index (χ0n) is 16.7. The van der Waals surface area contributed by atoms with Crippen molar-refractivity contribution in [1.29, 1.82) is 0 Å². The lowest BCUT2D eigenvalue weighted by atomic mass is 9.84. The van der Waals surface area contributed by atoms with Crippen LogP contribution in [0.15, 0.2) is 41.2 Å². The summed E-state index contributed by atoms with van der Waals surface area (Å²) in [5.41, 5.74) is 3.50. The Morgan fingerprint density at radius 2 is 2.07 bits per heavy atom. The van der Waals surface area contributed by atoms with Gasteiger partial charge in [0.05, 0.1) is 0 Å². The number of rotatable bonds is 4. The first-order valence-corrected chi connectivity index (χ1v) is 10.4. The molecule has 2 atom stereocenters. The summed E-state index contributed by atoms with van der Waals surface area (Å²) >= 11 is 0. The molecule has 2 N–H and O–H groups in total. The van der Waals surface area contributed by atoms with Gasteiger partial charge in [-0.2, -0.15) is 0 Å². The van der Waals surface area contributed by atoms with Gasteiger partial charge in [-0.1, -0.05) is 29.8 Å². The summed E-state index contributed by atoms with van der Waals surface area (Å²) in [6, 6.07) is 12.2. The number of carbonyl (C=O) groups is 1. The Hall–Kier alpha value is -2.11. The van der Waals surface area contributed by atoms with Crippen LogP contribution in [0.4, 0.5) is 0 Å². The van der Waals surface area contributed by atoms with Gasteiger partial charge in [0.2, 0.25) is 0 Å². The monoisotopic (exact) mass is 413 g/mol. The van der Waals surface area contributed by atoms with E-state index in [-0.39, 0.29) is 35.0 Å². The van der Waals surface area contributed by atoms with E-state index in [4.69, 9.17) is 0 Å². The Balaban J connectivity index is 0.00000205. The molecule has 1 saturated carbocycles. The van der Waals surface area contributed by atoms with Crippen LogP contribution in [0.1, 0.15) is 52.4 Å². The molecule has 3 heterocycles. The third-order valence-electron chi connectivity index (χ3n) is 6.61. The molecule has 154 valence electrons. The average molecular weight is 414 g/mol. The van der Waals surface area contributed by atoms with Crippen LogP contribution in [0.3, 0.4) is 0 Å². The lowest BCUT2D eigenvalue weighted by Gasteiger charge is -2.37. The molecule has 2 bridgehead atoms. The molecule has 2 fully saturated rings. The summed E-state index contributed by atoms with van der Waals surface area (Å²) in [4.78, 5) is 26.1. The van der Waals surface area contributed by atoms with E-state index in [0.29, 0.717) is 18.4 Å². The molecule has 0 spiro atoms. The number of hydrogen-bond acceptors (Lipinski definition) is 3. The predicted molar refractivity (Wildman–Crippen MR) is 116 cm³/mol. The zero-order valence-corrected chi connectivity index (χ0v) is 17.6. The maximum Gasteiger partial charge on any atom is 0.263 e. The fourth-order valence-corrected chi connectivity index (χ4v) is 4.98. The van der Waals surface area contributed by atoms with Crippen LogP contribution >= 0.6 is 12.4 Å². The minimum Gasteiger partial charge on any atom is -0.346 e. The molecular formula is C23H28ClN3O2. The number of hydrogen-bond donors (Lipinski definition) is 2. The number of benzene rings is 1. The van der Waals surface area contributed by atoms with Gasteiger partial charge in [0.15, 0.2) is 0 Å². The fourth-order valence-electron chi connectivity index (χ4n) is 4.98. The maximum absolute atomic E-state index is 13.1. The minimum absolute atomic E-state index is 0. The van der Waals surface area contributed by atoms with Crippen LogP contribution < -0.4 is 16.2 Å². The van der Waals surface area contributed by atoms with Crippen LogP contribution in [-0.2, 0) is 13.0 Å². The van der Waals surface area contributed by atoms with E-state index >= 15 is 0 Å². The smallest absolute Gasteiger partial charge is 0.263 e. The van der Waals surface area contributed by atoms with Gasteiger partial charge in [-0.05, 0) is 62.8 Å². The number of carbonyl (C=O) groups excluding carboxylic acids is 1. The Bertz CT molecular complexity index is 996. The zero-order chi connectivity index (χ0) is 19.3. The molecule has 3 aliphatic rings. The molecule has 1 aromatic heterocycles. The first-order valence-electron chi connectivity index (χ1n) is 10.4. The summed E-state index contributed by atoms with van der Waals surface area (Å²) in [7, 11) is 0. The van der Waals surface area contributed by atoms with Crippen molar-refractivity contribution in [3.05, 3.63) is 69.1 Å². The lowest BCUT2D eigenvalue weighted by Crippen LogP contribution is -2.47. The number of aromatic nitrogens is 1.